The fourth-order valence-corrected chi connectivity index (χ4v) is 9.75. The van der Waals surface area contributed by atoms with Crippen LogP contribution in [0.25, 0.3) is 0 Å². The SMILES string of the molecule is CC[C@@H](/C=C/[C@@H](C)[C@H]1CC[C@H]2[C@@H]3CCC4CC(OC(C)=O)CC[C@]4(C)[C@H]3CC[C@]12C)C(C)C. The summed E-state index contributed by atoms with van der Waals surface area (Å²) in [4.78, 5) is 11.5. The number of rotatable bonds is 6. The van der Waals surface area contributed by atoms with Crippen LogP contribution in [-0.2, 0) is 9.53 Å². The summed E-state index contributed by atoms with van der Waals surface area (Å²) in [5, 5.41) is 0. The van der Waals surface area contributed by atoms with E-state index in [1.54, 1.807) is 6.92 Å². The van der Waals surface area contributed by atoms with E-state index in [1.165, 1.54) is 51.4 Å². The van der Waals surface area contributed by atoms with Crippen molar-refractivity contribution in [3.05, 3.63) is 12.2 Å². The van der Waals surface area contributed by atoms with Crippen molar-refractivity contribution < 1.29 is 9.53 Å². The number of hydrogen-bond donors (Lipinski definition) is 0. The van der Waals surface area contributed by atoms with Crippen molar-refractivity contribution in [1.82, 2.24) is 0 Å². The average molecular weight is 457 g/mol. The van der Waals surface area contributed by atoms with Crippen molar-refractivity contribution in [3.63, 3.8) is 0 Å². The van der Waals surface area contributed by atoms with Crippen molar-refractivity contribution in [3.8, 4) is 0 Å². The maximum atomic E-state index is 11.5. The van der Waals surface area contributed by atoms with E-state index in [2.05, 4.69) is 53.7 Å². The van der Waals surface area contributed by atoms with Gasteiger partial charge in [-0.15, -0.1) is 0 Å². The van der Waals surface area contributed by atoms with Crippen molar-refractivity contribution >= 4 is 5.97 Å². The molecule has 188 valence electrons. The molecule has 2 heteroatoms. The predicted octanol–water partition coefficient (Wildman–Crippen LogP) is 8.45. The maximum absolute atomic E-state index is 11.5. The minimum atomic E-state index is -0.0930. The molecule has 0 aromatic rings. The van der Waals surface area contributed by atoms with Crippen LogP contribution in [0.2, 0.25) is 0 Å². The Labute approximate surface area is 204 Å². The molecule has 0 amide bonds. The quantitative estimate of drug-likeness (QED) is 0.296. The molecule has 4 fully saturated rings. The number of allylic oxidation sites excluding steroid dienone is 2. The number of carbonyl (C=O) groups is 1. The second kappa shape index (κ2) is 9.69. The van der Waals surface area contributed by atoms with E-state index in [4.69, 9.17) is 4.74 Å². The van der Waals surface area contributed by atoms with Gasteiger partial charge in [-0.05, 0) is 122 Å². The van der Waals surface area contributed by atoms with Crippen LogP contribution in [0.1, 0.15) is 113 Å². The second-order valence-electron chi connectivity index (χ2n) is 13.5. The minimum absolute atomic E-state index is 0.0930. The van der Waals surface area contributed by atoms with E-state index in [-0.39, 0.29) is 12.1 Å². The molecule has 0 N–H and O–H groups in total. The molecule has 2 unspecified atom stereocenters. The molecule has 0 aliphatic heterocycles. The molecule has 4 saturated carbocycles. The number of ether oxygens (including phenoxy) is 1. The van der Waals surface area contributed by atoms with E-state index in [0.29, 0.717) is 16.7 Å². The van der Waals surface area contributed by atoms with E-state index in [1.807, 2.05) is 0 Å². The second-order valence-corrected chi connectivity index (χ2v) is 13.5. The first-order chi connectivity index (χ1) is 15.6. The highest BCUT2D eigenvalue weighted by Gasteiger charge is 2.60. The van der Waals surface area contributed by atoms with E-state index < -0.39 is 0 Å². The fourth-order valence-electron chi connectivity index (χ4n) is 9.75. The zero-order valence-corrected chi connectivity index (χ0v) is 22.7. The van der Waals surface area contributed by atoms with Crippen LogP contribution >= 0.6 is 0 Å². The summed E-state index contributed by atoms with van der Waals surface area (Å²) in [6, 6.07) is 0. The molecule has 0 radical (unpaired) electrons. The Bertz CT molecular complexity index is 724. The molecule has 0 spiro atoms. The molecule has 0 aromatic heterocycles. The lowest BCUT2D eigenvalue weighted by molar-refractivity contribution is -0.160. The Morgan fingerprint density at radius 3 is 2.30 bits per heavy atom. The first-order valence-electron chi connectivity index (χ1n) is 14.5. The zero-order valence-electron chi connectivity index (χ0n) is 22.7. The first kappa shape index (κ1) is 25.3. The molecule has 0 heterocycles. The smallest absolute Gasteiger partial charge is 0.302 e. The van der Waals surface area contributed by atoms with Gasteiger partial charge in [-0.3, -0.25) is 4.79 Å². The fraction of sp³-hybridized carbons (Fsp3) is 0.903. The number of esters is 1. The highest BCUT2D eigenvalue weighted by Crippen LogP contribution is 2.68. The highest BCUT2D eigenvalue weighted by atomic mass is 16.5. The van der Waals surface area contributed by atoms with Gasteiger partial charge in [0.2, 0.25) is 0 Å². The molecule has 33 heavy (non-hydrogen) atoms. The highest BCUT2D eigenvalue weighted by molar-refractivity contribution is 5.66. The Balaban J connectivity index is 1.46. The average Bonchev–Trinajstić information content (AvgIpc) is 3.11. The molecular weight excluding hydrogens is 404 g/mol. The lowest BCUT2D eigenvalue weighted by Gasteiger charge is -2.61. The van der Waals surface area contributed by atoms with Gasteiger partial charge < -0.3 is 4.74 Å². The lowest BCUT2D eigenvalue weighted by Crippen LogP contribution is -2.54. The molecule has 4 aliphatic rings. The largest absolute Gasteiger partial charge is 0.463 e. The van der Waals surface area contributed by atoms with Gasteiger partial charge in [0.25, 0.3) is 0 Å². The van der Waals surface area contributed by atoms with Gasteiger partial charge in [0.15, 0.2) is 0 Å². The molecule has 0 bridgehead atoms. The van der Waals surface area contributed by atoms with Crippen molar-refractivity contribution in [1.29, 1.82) is 0 Å². The van der Waals surface area contributed by atoms with Crippen LogP contribution in [-0.4, -0.2) is 12.1 Å². The third-order valence-electron chi connectivity index (χ3n) is 11.6. The molecule has 4 rings (SSSR count). The summed E-state index contributed by atoms with van der Waals surface area (Å²) in [7, 11) is 0. The van der Waals surface area contributed by atoms with Gasteiger partial charge in [-0.1, -0.05) is 53.7 Å². The monoisotopic (exact) mass is 456 g/mol. The van der Waals surface area contributed by atoms with Crippen LogP contribution in [0.5, 0.6) is 0 Å². The molecule has 2 nitrogen and oxygen atoms in total. The number of carbonyl (C=O) groups excluding carboxylic acids is 1. The predicted molar refractivity (Wildman–Crippen MR) is 138 cm³/mol. The zero-order chi connectivity index (χ0) is 24.0. The molecule has 0 aromatic carbocycles. The summed E-state index contributed by atoms with van der Waals surface area (Å²) in [5.74, 6) is 6.43. The third kappa shape index (κ3) is 4.58. The molecular formula is C31H52O2. The van der Waals surface area contributed by atoms with Gasteiger partial charge in [-0.25, -0.2) is 0 Å². The van der Waals surface area contributed by atoms with E-state index >= 15 is 0 Å². The number of hydrogen-bond acceptors (Lipinski definition) is 2. The van der Waals surface area contributed by atoms with E-state index in [0.717, 1.165) is 54.3 Å². The van der Waals surface area contributed by atoms with Gasteiger partial charge in [0.05, 0.1) is 0 Å². The van der Waals surface area contributed by atoms with Gasteiger partial charge in [0, 0.05) is 6.92 Å². The topological polar surface area (TPSA) is 26.3 Å². The summed E-state index contributed by atoms with van der Waals surface area (Å²) >= 11 is 0. The molecule has 10 atom stereocenters. The van der Waals surface area contributed by atoms with Crippen LogP contribution < -0.4 is 0 Å². The standard InChI is InChI=1S/C31H52O2/c1-8-23(20(2)3)10-9-21(4)27-13-14-28-26-12-11-24-19-25(33-22(5)32)15-17-30(24,6)29(26)16-18-31(27,28)7/h9-10,20-21,23-29H,8,11-19H2,1-7H3/b10-9+/t21-,23+,24?,25?,26+,27-,28+,29+,30+,31-/m1/s1. The van der Waals surface area contributed by atoms with Crippen molar-refractivity contribution in [2.45, 2.75) is 119 Å². The Morgan fingerprint density at radius 1 is 0.939 bits per heavy atom. The summed E-state index contributed by atoms with van der Waals surface area (Å²) in [5.41, 5.74) is 0.999. The normalized spacial score (nSPS) is 44.7. The molecule has 0 saturated heterocycles. The van der Waals surface area contributed by atoms with Crippen molar-refractivity contribution in [2.24, 2.45) is 58.2 Å². The summed E-state index contributed by atoms with van der Waals surface area (Å²) in [6.45, 7) is 16.5. The number of fused-ring (bicyclic) bond motifs is 5. The first-order valence-corrected chi connectivity index (χ1v) is 14.5. The summed E-state index contributed by atoms with van der Waals surface area (Å²) < 4.78 is 5.66. The third-order valence-corrected chi connectivity index (χ3v) is 11.6. The Morgan fingerprint density at radius 2 is 1.64 bits per heavy atom. The Hall–Kier alpha value is -0.790. The minimum Gasteiger partial charge on any atom is -0.463 e. The van der Waals surface area contributed by atoms with Crippen molar-refractivity contribution in [2.75, 3.05) is 0 Å². The van der Waals surface area contributed by atoms with Crippen LogP contribution in [0.4, 0.5) is 0 Å². The van der Waals surface area contributed by atoms with Gasteiger partial charge >= 0.3 is 5.97 Å². The van der Waals surface area contributed by atoms with E-state index in [9.17, 15) is 4.79 Å². The van der Waals surface area contributed by atoms with Gasteiger partial charge in [-0.2, -0.15) is 0 Å². The maximum Gasteiger partial charge on any atom is 0.302 e. The van der Waals surface area contributed by atoms with Crippen LogP contribution in [0.3, 0.4) is 0 Å². The van der Waals surface area contributed by atoms with Crippen LogP contribution in [0, 0.1) is 58.2 Å². The lowest BCUT2D eigenvalue weighted by atomic mass is 9.44. The van der Waals surface area contributed by atoms with Crippen LogP contribution in [0.15, 0.2) is 12.2 Å². The summed E-state index contributed by atoms with van der Waals surface area (Å²) in [6.07, 6.45) is 18.6. The molecule has 4 aliphatic carbocycles. The Kier molecular flexibility index (Phi) is 7.43. The van der Waals surface area contributed by atoms with Gasteiger partial charge in [0.1, 0.15) is 6.10 Å².